The molecule has 0 saturated heterocycles. The van der Waals surface area contributed by atoms with E-state index in [0.717, 1.165) is 11.3 Å². The molecule has 0 saturated carbocycles. The fourth-order valence-electron chi connectivity index (χ4n) is 4.48. The number of rotatable bonds is 2. The first-order valence-electron chi connectivity index (χ1n) is 12.3. The molecule has 10 heteroatoms. The third-order valence-corrected chi connectivity index (χ3v) is 6.46. The zero-order valence-electron chi connectivity index (χ0n) is 21.6. The van der Waals surface area contributed by atoms with Crippen molar-refractivity contribution in [1.29, 1.82) is 0 Å². The lowest BCUT2D eigenvalue weighted by atomic mass is 9.96. The van der Waals surface area contributed by atoms with E-state index in [0.29, 0.717) is 35.7 Å². The molecule has 3 aromatic carbocycles. The predicted molar refractivity (Wildman–Crippen MR) is 141 cm³/mol. The molecule has 3 aliphatic rings. The Morgan fingerprint density at radius 1 is 0.795 bits per heavy atom. The first kappa shape index (κ1) is 28.1. The first-order valence-corrected chi connectivity index (χ1v) is 12.3. The number of carbonyl (C=O) groups is 1. The summed E-state index contributed by atoms with van der Waals surface area (Å²) in [4.78, 5) is 11.2. The van der Waals surface area contributed by atoms with Crippen molar-refractivity contribution in [1.82, 2.24) is 0 Å². The summed E-state index contributed by atoms with van der Waals surface area (Å²) in [5.41, 5.74) is 2.35. The Balaban J connectivity index is 0.000000137. The lowest BCUT2D eigenvalue weighted by Crippen LogP contribution is -2.49. The standard InChI is InChI=1S/C11H14O4.C9H9NO3.C9H8O2/c1-13-11(14-2)8-5-3-4-6-9(8)15-7-10(11)12;11-7-5-13-8-4-2-1-3-6(8)9(7)10-12;10-8-5-6-11-9-4-2-1-3-7(8)9/h3-6,10,12H,7H2,1-2H3;1-4,7,11-12H,5H2;1-4H,5-6H2. The molecular formula is C29H31NO9. The van der Waals surface area contributed by atoms with Crippen molar-refractivity contribution in [2.45, 2.75) is 24.4 Å². The molecule has 0 aromatic heterocycles. The monoisotopic (exact) mass is 537 g/mol. The molecule has 10 nitrogen and oxygen atoms in total. The predicted octanol–water partition coefficient (Wildman–Crippen LogP) is 3.16. The van der Waals surface area contributed by atoms with Crippen LogP contribution in [0.25, 0.3) is 0 Å². The third kappa shape index (κ3) is 5.89. The fraction of sp³-hybridized carbons (Fsp3) is 0.310. The number of hydrogen-bond donors (Lipinski definition) is 3. The first-order chi connectivity index (χ1) is 18.9. The van der Waals surface area contributed by atoms with Gasteiger partial charge in [-0.2, -0.15) is 0 Å². The topological polar surface area (TPSA) is 136 Å². The number of fused-ring (bicyclic) bond motifs is 3. The molecule has 0 bridgehead atoms. The van der Waals surface area contributed by atoms with Gasteiger partial charge in [0.25, 0.3) is 0 Å². The SMILES string of the molecule is COC1(OC)c2ccccc2OCC1O.O=C1CCOc2ccccc21.ON=C1c2ccccc2OCC1O. The molecule has 2 unspecified atom stereocenters. The minimum absolute atomic E-state index is 0.135. The average molecular weight is 538 g/mol. The van der Waals surface area contributed by atoms with E-state index >= 15 is 0 Å². The number of para-hydroxylation sites is 3. The number of aliphatic hydroxyl groups is 2. The summed E-state index contributed by atoms with van der Waals surface area (Å²) < 4.78 is 26.5. The molecule has 3 aromatic rings. The Labute approximate surface area is 226 Å². The van der Waals surface area contributed by atoms with E-state index in [2.05, 4.69) is 5.16 Å². The van der Waals surface area contributed by atoms with Gasteiger partial charge in [0.05, 0.1) is 17.7 Å². The van der Waals surface area contributed by atoms with Crippen LogP contribution in [0.3, 0.4) is 0 Å². The number of ether oxygens (including phenoxy) is 5. The number of oxime groups is 1. The summed E-state index contributed by atoms with van der Waals surface area (Å²) in [5, 5.41) is 31.0. The summed E-state index contributed by atoms with van der Waals surface area (Å²) in [7, 11) is 3.02. The van der Waals surface area contributed by atoms with E-state index in [1.165, 1.54) is 14.2 Å². The van der Waals surface area contributed by atoms with Crippen LogP contribution in [0.2, 0.25) is 0 Å². The van der Waals surface area contributed by atoms with Gasteiger partial charge in [0.15, 0.2) is 5.78 Å². The van der Waals surface area contributed by atoms with Crippen LogP contribution in [-0.2, 0) is 15.3 Å². The van der Waals surface area contributed by atoms with Gasteiger partial charge in [-0.15, -0.1) is 0 Å². The van der Waals surface area contributed by atoms with Crippen molar-refractivity contribution in [3.8, 4) is 17.2 Å². The molecular weight excluding hydrogens is 506 g/mol. The van der Waals surface area contributed by atoms with Gasteiger partial charge in [-0.25, -0.2) is 0 Å². The summed E-state index contributed by atoms with van der Waals surface area (Å²) in [6.07, 6.45) is -1.17. The molecule has 0 aliphatic carbocycles. The Kier molecular flexibility index (Phi) is 9.15. The van der Waals surface area contributed by atoms with Crippen LogP contribution in [-0.4, -0.2) is 73.2 Å². The molecule has 3 heterocycles. The molecule has 0 amide bonds. The maximum Gasteiger partial charge on any atom is 0.228 e. The van der Waals surface area contributed by atoms with Gasteiger partial charge in [0.2, 0.25) is 5.79 Å². The summed E-state index contributed by atoms with van der Waals surface area (Å²) in [6, 6.07) is 21.9. The van der Waals surface area contributed by atoms with E-state index in [-0.39, 0.29) is 24.7 Å². The smallest absolute Gasteiger partial charge is 0.228 e. The number of Topliss-reactive ketones (excluding diaryl/α,β-unsaturated/α-hetero) is 1. The quantitative estimate of drug-likeness (QED) is 0.256. The largest absolute Gasteiger partial charge is 0.492 e. The van der Waals surface area contributed by atoms with Crippen molar-refractivity contribution in [3.63, 3.8) is 0 Å². The van der Waals surface area contributed by atoms with Crippen LogP contribution in [0.1, 0.15) is 27.9 Å². The van der Waals surface area contributed by atoms with Crippen LogP contribution in [0.15, 0.2) is 78.0 Å². The van der Waals surface area contributed by atoms with E-state index < -0.39 is 18.0 Å². The second-order valence-corrected chi connectivity index (χ2v) is 8.72. The Morgan fingerprint density at radius 2 is 1.36 bits per heavy atom. The highest BCUT2D eigenvalue weighted by Gasteiger charge is 2.46. The van der Waals surface area contributed by atoms with Gasteiger partial charge in [0, 0.05) is 26.2 Å². The summed E-state index contributed by atoms with van der Waals surface area (Å²) >= 11 is 0. The molecule has 6 rings (SSSR count). The number of carbonyl (C=O) groups excluding carboxylic acids is 1. The van der Waals surface area contributed by atoms with Crippen molar-refractivity contribution in [3.05, 3.63) is 89.5 Å². The highest BCUT2D eigenvalue weighted by atomic mass is 16.7. The van der Waals surface area contributed by atoms with Crippen LogP contribution in [0.5, 0.6) is 17.2 Å². The molecule has 206 valence electrons. The average Bonchev–Trinajstić information content (AvgIpc) is 2.98. The van der Waals surface area contributed by atoms with E-state index in [1.54, 1.807) is 24.3 Å². The van der Waals surface area contributed by atoms with Crippen molar-refractivity contribution >= 4 is 11.5 Å². The lowest BCUT2D eigenvalue weighted by Gasteiger charge is -2.39. The molecule has 3 aliphatic heterocycles. The van der Waals surface area contributed by atoms with Crippen LogP contribution < -0.4 is 14.2 Å². The van der Waals surface area contributed by atoms with Crippen LogP contribution in [0.4, 0.5) is 0 Å². The second kappa shape index (κ2) is 12.7. The van der Waals surface area contributed by atoms with Gasteiger partial charge in [0.1, 0.15) is 48.4 Å². The number of methoxy groups -OCH3 is 2. The molecule has 0 radical (unpaired) electrons. The highest BCUT2D eigenvalue weighted by molar-refractivity contribution is 6.06. The lowest BCUT2D eigenvalue weighted by molar-refractivity contribution is -0.280. The molecule has 0 fully saturated rings. The summed E-state index contributed by atoms with van der Waals surface area (Å²) in [6.45, 7) is 0.824. The maximum absolute atomic E-state index is 11.2. The van der Waals surface area contributed by atoms with Gasteiger partial charge in [-0.05, 0) is 36.4 Å². The van der Waals surface area contributed by atoms with Crippen LogP contribution in [0, 0.1) is 0 Å². The van der Waals surface area contributed by atoms with Gasteiger partial charge < -0.3 is 39.1 Å². The van der Waals surface area contributed by atoms with Gasteiger partial charge >= 0.3 is 0 Å². The Morgan fingerprint density at radius 3 is 2.00 bits per heavy atom. The molecule has 39 heavy (non-hydrogen) atoms. The third-order valence-electron chi connectivity index (χ3n) is 6.46. The number of ketones is 1. The Bertz CT molecular complexity index is 1310. The summed E-state index contributed by atoms with van der Waals surface area (Å²) in [5.74, 6) is 1.12. The minimum Gasteiger partial charge on any atom is -0.492 e. The zero-order chi connectivity index (χ0) is 27.8. The van der Waals surface area contributed by atoms with Gasteiger partial charge in [-0.1, -0.05) is 41.6 Å². The molecule has 0 spiro atoms. The zero-order valence-corrected chi connectivity index (χ0v) is 21.6. The highest BCUT2D eigenvalue weighted by Crippen LogP contribution is 2.39. The Hall–Kier alpha value is -3.96. The fourth-order valence-corrected chi connectivity index (χ4v) is 4.48. The number of hydrogen-bond acceptors (Lipinski definition) is 10. The van der Waals surface area contributed by atoms with E-state index in [4.69, 9.17) is 28.9 Å². The van der Waals surface area contributed by atoms with E-state index in [9.17, 15) is 15.0 Å². The maximum atomic E-state index is 11.2. The van der Waals surface area contributed by atoms with Crippen molar-refractivity contribution < 1.29 is 43.9 Å². The van der Waals surface area contributed by atoms with Crippen LogP contribution >= 0.6 is 0 Å². The number of aliphatic hydroxyl groups excluding tert-OH is 2. The van der Waals surface area contributed by atoms with E-state index in [1.807, 2.05) is 48.5 Å². The number of nitrogens with zero attached hydrogens (tertiary/aromatic N) is 1. The normalized spacial score (nSPS) is 21.1. The van der Waals surface area contributed by atoms with Crippen molar-refractivity contribution in [2.75, 3.05) is 34.0 Å². The molecule has 3 N–H and O–H groups in total. The number of benzene rings is 3. The van der Waals surface area contributed by atoms with Gasteiger partial charge in [-0.3, -0.25) is 4.79 Å². The minimum atomic E-state index is -1.12. The molecule has 2 atom stereocenters. The second-order valence-electron chi connectivity index (χ2n) is 8.72. The van der Waals surface area contributed by atoms with Crippen molar-refractivity contribution in [2.24, 2.45) is 5.16 Å².